The molecule has 2 aliphatic rings. The Kier molecular flexibility index (Phi) is 13.2. The van der Waals surface area contributed by atoms with E-state index in [1.54, 1.807) is 6.08 Å². The van der Waals surface area contributed by atoms with Crippen LogP contribution in [0.3, 0.4) is 0 Å². The minimum atomic E-state index is -0.532. The zero-order valence-electron chi connectivity index (χ0n) is 28.4. The van der Waals surface area contributed by atoms with Gasteiger partial charge >= 0.3 is 0 Å². The molecule has 3 heteroatoms. The molecule has 0 aromatic carbocycles. The Labute approximate surface area is 262 Å². The lowest BCUT2D eigenvalue weighted by Crippen LogP contribution is -2.36. The van der Waals surface area contributed by atoms with Crippen molar-refractivity contribution in [3.63, 3.8) is 0 Å². The van der Waals surface area contributed by atoms with E-state index < -0.39 is 11.5 Å². The maximum Gasteiger partial charge on any atom is 0.162 e. The SMILES string of the molecule is CC1=C(/C=C/C(C)=C/C=C/C(C)=C/C=C/C=C(C)/C=C/C=C(C)/C=C/C(=O)[C@@]2(C)C[C@@H](O)CC2(C)C)C(C)(C)C[C@@H](O)C1. The van der Waals surface area contributed by atoms with Crippen LogP contribution in [0.15, 0.2) is 119 Å². The second kappa shape index (κ2) is 15.6. The average molecular weight is 585 g/mol. The summed E-state index contributed by atoms with van der Waals surface area (Å²) in [4.78, 5) is 12.9. The van der Waals surface area contributed by atoms with Gasteiger partial charge in [-0.3, -0.25) is 4.79 Å². The van der Waals surface area contributed by atoms with E-state index in [-0.39, 0.29) is 22.7 Å². The standard InChI is InChI=1S/C40H56O3/c1-29(17-13-19-31(3)21-23-36-33(5)25-34(41)26-38(36,6)7)15-11-12-16-30(2)18-14-20-32(4)22-24-37(43)40(10)28-35(42)27-39(40,8)9/h11-24,34-35,41-42H,25-28H2,1-10H3/b12-11+,17-13+,18-14+,23-21+,24-22+,29-15+,30-16+,31-19+,32-20+/t34-,35-,40+/m0/s1. The number of allylic oxidation sites excluding steroid dienone is 19. The Hall–Kier alpha value is -3.01. The molecule has 43 heavy (non-hydrogen) atoms. The van der Waals surface area contributed by atoms with Crippen LogP contribution in [0.1, 0.15) is 94.9 Å². The van der Waals surface area contributed by atoms with Gasteiger partial charge in [0.25, 0.3) is 0 Å². The average Bonchev–Trinajstić information content (AvgIpc) is 3.10. The molecule has 0 spiro atoms. The number of rotatable bonds is 11. The number of ketones is 1. The van der Waals surface area contributed by atoms with Crippen molar-refractivity contribution < 1.29 is 15.0 Å². The summed E-state index contributed by atoms with van der Waals surface area (Å²) < 4.78 is 0. The van der Waals surface area contributed by atoms with Crippen LogP contribution in [0.2, 0.25) is 0 Å². The first-order valence-corrected chi connectivity index (χ1v) is 15.7. The molecule has 1 saturated carbocycles. The van der Waals surface area contributed by atoms with Gasteiger partial charge in [0.15, 0.2) is 5.78 Å². The third kappa shape index (κ3) is 10.9. The number of carbonyl (C=O) groups excluding carboxylic acids is 1. The summed E-state index contributed by atoms with van der Waals surface area (Å²) in [5.74, 6) is 0.0853. The molecule has 0 unspecified atom stereocenters. The van der Waals surface area contributed by atoms with E-state index in [1.807, 2.05) is 50.3 Å². The van der Waals surface area contributed by atoms with E-state index in [0.29, 0.717) is 12.8 Å². The summed E-state index contributed by atoms with van der Waals surface area (Å²) in [6, 6.07) is 0. The van der Waals surface area contributed by atoms with Crippen LogP contribution in [0, 0.1) is 16.2 Å². The van der Waals surface area contributed by atoms with Crippen molar-refractivity contribution in [3.05, 3.63) is 119 Å². The first kappa shape index (κ1) is 36.2. The summed E-state index contributed by atoms with van der Waals surface area (Å²) in [5.41, 5.74) is 6.34. The Bertz CT molecular complexity index is 1310. The minimum absolute atomic E-state index is 0.00528. The van der Waals surface area contributed by atoms with E-state index in [9.17, 15) is 15.0 Å². The van der Waals surface area contributed by atoms with Gasteiger partial charge in [0, 0.05) is 5.41 Å². The fraction of sp³-hybridized carbons (Fsp3) is 0.475. The Balaban J connectivity index is 1.89. The minimum Gasteiger partial charge on any atom is -0.393 e. The van der Waals surface area contributed by atoms with Crippen molar-refractivity contribution in [1.82, 2.24) is 0 Å². The van der Waals surface area contributed by atoms with Gasteiger partial charge in [-0.05, 0) is 82.8 Å². The summed E-state index contributed by atoms with van der Waals surface area (Å²) in [7, 11) is 0. The van der Waals surface area contributed by atoms with Crippen molar-refractivity contribution in [2.45, 2.75) is 107 Å². The maximum absolute atomic E-state index is 12.9. The number of hydrogen-bond donors (Lipinski definition) is 2. The molecule has 2 N–H and O–H groups in total. The van der Waals surface area contributed by atoms with Crippen LogP contribution >= 0.6 is 0 Å². The van der Waals surface area contributed by atoms with Gasteiger partial charge in [-0.2, -0.15) is 0 Å². The second-order valence-corrected chi connectivity index (χ2v) is 14.2. The quantitative estimate of drug-likeness (QED) is 0.188. The van der Waals surface area contributed by atoms with Crippen LogP contribution in [-0.2, 0) is 4.79 Å². The van der Waals surface area contributed by atoms with E-state index in [4.69, 9.17) is 0 Å². The van der Waals surface area contributed by atoms with E-state index in [1.165, 1.54) is 16.7 Å². The highest BCUT2D eigenvalue weighted by Gasteiger charge is 2.52. The van der Waals surface area contributed by atoms with Crippen LogP contribution in [0.25, 0.3) is 0 Å². The molecule has 0 amide bonds. The third-order valence-corrected chi connectivity index (χ3v) is 9.18. The molecule has 0 saturated heterocycles. The van der Waals surface area contributed by atoms with Gasteiger partial charge in [-0.25, -0.2) is 0 Å². The number of carbonyl (C=O) groups is 1. The highest BCUT2D eigenvalue weighted by molar-refractivity contribution is 5.95. The Morgan fingerprint density at radius 1 is 0.651 bits per heavy atom. The molecular weight excluding hydrogens is 528 g/mol. The van der Waals surface area contributed by atoms with E-state index >= 15 is 0 Å². The molecule has 234 valence electrons. The molecule has 2 aliphatic carbocycles. The second-order valence-electron chi connectivity index (χ2n) is 14.2. The largest absolute Gasteiger partial charge is 0.393 e. The van der Waals surface area contributed by atoms with Gasteiger partial charge in [-0.15, -0.1) is 0 Å². The topological polar surface area (TPSA) is 57.5 Å². The predicted molar refractivity (Wildman–Crippen MR) is 185 cm³/mol. The molecule has 0 heterocycles. The van der Waals surface area contributed by atoms with Crippen LogP contribution in [0.4, 0.5) is 0 Å². The molecule has 0 radical (unpaired) electrons. The van der Waals surface area contributed by atoms with Gasteiger partial charge in [-0.1, -0.05) is 141 Å². The zero-order chi connectivity index (χ0) is 32.4. The number of hydrogen-bond acceptors (Lipinski definition) is 3. The van der Waals surface area contributed by atoms with Gasteiger partial charge in [0.05, 0.1) is 12.2 Å². The fourth-order valence-corrected chi connectivity index (χ4v) is 6.19. The third-order valence-electron chi connectivity index (χ3n) is 9.18. The monoisotopic (exact) mass is 584 g/mol. The Morgan fingerprint density at radius 2 is 1.14 bits per heavy atom. The molecule has 2 rings (SSSR count). The lowest BCUT2D eigenvalue weighted by atomic mass is 9.66. The maximum atomic E-state index is 12.9. The molecule has 0 bridgehead atoms. The summed E-state index contributed by atoms with van der Waals surface area (Å²) in [5, 5.41) is 20.2. The van der Waals surface area contributed by atoms with Crippen molar-refractivity contribution in [1.29, 1.82) is 0 Å². The fourth-order valence-electron chi connectivity index (χ4n) is 6.19. The molecule has 0 aromatic rings. The van der Waals surface area contributed by atoms with Gasteiger partial charge < -0.3 is 10.2 Å². The van der Waals surface area contributed by atoms with Crippen molar-refractivity contribution in [2.24, 2.45) is 16.2 Å². The molecule has 0 aromatic heterocycles. The molecule has 3 nitrogen and oxygen atoms in total. The van der Waals surface area contributed by atoms with Gasteiger partial charge in [0.2, 0.25) is 0 Å². The zero-order valence-corrected chi connectivity index (χ0v) is 28.4. The number of aliphatic hydroxyl groups excluding tert-OH is 2. The molecule has 0 aliphatic heterocycles. The lowest BCUT2D eigenvalue weighted by molar-refractivity contribution is -0.127. The first-order valence-electron chi connectivity index (χ1n) is 15.7. The van der Waals surface area contributed by atoms with E-state index in [0.717, 1.165) is 29.6 Å². The first-order chi connectivity index (χ1) is 20.0. The summed E-state index contributed by atoms with van der Waals surface area (Å²) in [6.07, 6.45) is 30.6. The molecule has 1 fully saturated rings. The van der Waals surface area contributed by atoms with Crippen molar-refractivity contribution in [3.8, 4) is 0 Å². The predicted octanol–water partition coefficient (Wildman–Crippen LogP) is 9.81. The highest BCUT2D eigenvalue weighted by Crippen LogP contribution is 2.53. The molecular formula is C40H56O3. The smallest absolute Gasteiger partial charge is 0.162 e. The number of aliphatic hydroxyl groups is 2. The summed E-state index contributed by atoms with van der Waals surface area (Å²) >= 11 is 0. The van der Waals surface area contributed by atoms with Crippen LogP contribution < -0.4 is 0 Å². The van der Waals surface area contributed by atoms with Crippen molar-refractivity contribution >= 4 is 5.78 Å². The molecule has 3 atom stereocenters. The van der Waals surface area contributed by atoms with Crippen LogP contribution in [-0.4, -0.2) is 28.2 Å². The van der Waals surface area contributed by atoms with Crippen LogP contribution in [0.5, 0.6) is 0 Å². The summed E-state index contributed by atoms with van der Waals surface area (Å²) in [6.45, 7) is 20.9. The van der Waals surface area contributed by atoms with Crippen molar-refractivity contribution in [2.75, 3.05) is 0 Å². The highest BCUT2D eigenvalue weighted by atomic mass is 16.3. The normalized spacial score (nSPS) is 27.7. The Morgan fingerprint density at radius 3 is 1.63 bits per heavy atom. The van der Waals surface area contributed by atoms with E-state index in [2.05, 4.69) is 97.9 Å². The van der Waals surface area contributed by atoms with Gasteiger partial charge in [0.1, 0.15) is 0 Å². The lowest BCUT2D eigenvalue weighted by Gasteiger charge is -2.35.